The van der Waals surface area contributed by atoms with Crippen molar-refractivity contribution in [1.29, 1.82) is 0 Å². The Hall–Kier alpha value is -2.79. The van der Waals surface area contributed by atoms with Gasteiger partial charge in [-0.25, -0.2) is 0 Å². The molecule has 3 unspecified atom stereocenters. The number of ether oxygens (including phenoxy) is 2. The molecule has 2 saturated heterocycles. The Morgan fingerprint density at radius 1 is 1.16 bits per heavy atom. The smallest absolute Gasteiger partial charge is 0.189 e. The Labute approximate surface area is 183 Å². The number of allylic oxidation sites excluding steroid dienone is 1. The monoisotopic (exact) mass is 422 g/mol. The van der Waals surface area contributed by atoms with Crippen molar-refractivity contribution in [1.82, 2.24) is 0 Å². The number of fused-ring (bicyclic) bond motifs is 2. The molecule has 0 spiro atoms. The molecule has 2 aliphatic heterocycles. The minimum Gasteiger partial charge on any atom is -0.508 e. The fraction of sp³-hybridized carbons (Fsp3) is 0.423. The number of phenols is 2. The van der Waals surface area contributed by atoms with Gasteiger partial charge in [-0.3, -0.25) is 4.79 Å². The van der Waals surface area contributed by atoms with Crippen molar-refractivity contribution >= 4 is 11.9 Å². The van der Waals surface area contributed by atoms with Crippen LogP contribution in [-0.4, -0.2) is 34.8 Å². The van der Waals surface area contributed by atoms with Crippen LogP contribution < -0.4 is 4.74 Å². The summed E-state index contributed by atoms with van der Waals surface area (Å²) in [6.45, 7) is 6.61. The molecule has 0 amide bonds. The highest BCUT2D eigenvalue weighted by atomic mass is 16.5. The SMILES string of the molecule is COc1ccc(C(=O)C=Cc2ccc(O)cc2)c(O)c1CC1C2(C)CCC(O2)C1(C)C. The number of benzene rings is 2. The van der Waals surface area contributed by atoms with E-state index in [9.17, 15) is 15.0 Å². The fourth-order valence-corrected chi connectivity index (χ4v) is 5.39. The van der Waals surface area contributed by atoms with Crippen LogP contribution in [0.3, 0.4) is 0 Å². The number of aromatic hydroxyl groups is 2. The molecule has 0 aromatic heterocycles. The van der Waals surface area contributed by atoms with Crippen LogP contribution in [0.15, 0.2) is 42.5 Å². The van der Waals surface area contributed by atoms with Crippen molar-refractivity contribution in [3.05, 3.63) is 59.2 Å². The topological polar surface area (TPSA) is 76.0 Å². The lowest BCUT2D eigenvalue weighted by Gasteiger charge is -2.39. The second kappa shape index (κ2) is 7.72. The van der Waals surface area contributed by atoms with E-state index in [1.165, 1.54) is 6.08 Å². The van der Waals surface area contributed by atoms with E-state index in [4.69, 9.17) is 9.47 Å². The Kier molecular flexibility index (Phi) is 5.34. The molecule has 4 rings (SSSR count). The Bertz CT molecular complexity index is 1020. The summed E-state index contributed by atoms with van der Waals surface area (Å²) in [4.78, 5) is 12.9. The fourth-order valence-electron chi connectivity index (χ4n) is 5.39. The summed E-state index contributed by atoms with van der Waals surface area (Å²) in [7, 11) is 1.58. The number of ketones is 1. The van der Waals surface area contributed by atoms with E-state index in [0.29, 0.717) is 17.7 Å². The summed E-state index contributed by atoms with van der Waals surface area (Å²) in [5, 5.41) is 20.5. The van der Waals surface area contributed by atoms with Crippen molar-refractivity contribution in [2.75, 3.05) is 7.11 Å². The van der Waals surface area contributed by atoms with Gasteiger partial charge >= 0.3 is 0 Å². The molecule has 2 fully saturated rings. The average molecular weight is 423 g/mol. The first-order chi connectivity index (χ1) is 14.7. The maximum Gasteiger partial charge on any atom is 0.189 e. The number of hydrogen-bond donors (Lipinski definition) is 2. The molecular formula is C26H30O5. The van der Waals surface area contributed by atoms with E-state index >= 15 is 0 Å². The van der Waals surface area contributed by atoms with Gasteiger partial charge < -0.3 is 19.7 Å². The van der Waals surface area contributed by atoms with E-state index in [0.717, 1.165) is 18.4 Å². The molecule has 5 nitrogen and oxygen atoms in total. The zero-order chi connectivity index (χ0) is 22.4. The largest absolute Gasteiger partial charge is 0.508 e. The highest BCUT2D eigenvalue weighted by Crippen LogP contribution is 2.59. The van der Waals surface area contributed by atoms with Crippen LogP contribution in [0.1, 0.15) is 55.1 Å². The van der Waals surface area contributed by atoms with Crippen LogP contribution in [0.25, 0.3) is 6.08 Å². The van der Waals surface area contributed by atoms with Crippen molar-refractivity contribution in [2.45, 2.75) is 51.7 Å². The van der Waals surface area contributed by atoms with Gasteiger partial charge in [0.15, 0.2) is 5.78 Å². The Morgan fingerprint density at radius 2 is 1.87 bits per heavy atom. The Balaban J connectivity index is 1.64. The Morgan fingerprint density at radius 3 is 2.48 bits per heavy atom. The van der Waals surface area contributed by atoms with Gasteiger partial charge in [-0.05, 0) is 73.4 Å². The number of phenolic OH excluding ortho intramolecular Hbond substituents is 2. The highest BCUT2D eigenvalue weighted by Gasteiger charge is 2.60. The second-order valence-corrected chi connectivity index (χ2v) is 9.47. The maximum atomic E-state index is 12.9. The van der Waals surface area contributed by atoms with Crippen LogP contribution in [-0.2, 0) is 11.2 Å². The van der Waals surface area contributed by atoms with Gasteiger partial charge in [-0.15, -0.1) is 0 Å². The average Bonchev–Trinajstić information content (AvgIpc) is 3.22. The van der Waals surface area contributed by atoms with E-state index in [-0.39, 0.29) is 45.9 Å². The van der Waals surface area contributed by atoms with Crippen LogP contribution in [0, 0.1) is 11.3 Å². The van der Waals surface area contributed by atoms with Crippen LogP contribution in [0.4, 0.5) is 0 Å². The number of carbonyl (C=O) groups excluding carboxylic acids is 1. The summed E-state index contributed by atoms with van der Waals surface area (Å²) in [5.41, 5.74) is 1.43. The molecule has 3 atom stereocenters. The van der Waals surface area contributed by atoms with Gasteiger partial charge in [-0.1, -0.05) is 32.1 Å². The minimum atomic E-state index is -0.288. The highest BCUT2D eigenvalue weighted by molar-refractivity contribution is 6.09. The van der Waals surface area contributed by atoms with Gasteiger partial charge in [0, 0.05) is 5.56 Å². The number of carbonyl (C=O) groups is 1. The third-order valence-electron chi connectivity index (χ3n) is 7.23. The quantitative estimate of drug-likeness (QED) is 0.498. The lowest BCUT2D eigenvalue weighted by atomic mass is 9.62. The third kappa shape index (κ3) is 3.72. The molecule has 2 heterocycles. The minimum absolute atomic E-state index is 0.0246. The van der Waals surface area contributed by atoms with Crippen molar-refractivity contribution < 1.29 is 24.5 Å². The standard InChI is InChI=1S/C26H30O5/c1-25(2)22(26(3)14-13-23(25)31-26)15-19-21(30-4)12-10-18(24(19)29)20(28)11-7-16-5-8-17(27)9-6-16/h5-12,22-23,27,29H,13-15H2,1-4H3. The van der Waals surface area contributed by atoms with Gasteiger partial charge in [-0.2, -0.15) is 0 Å². The summed E-state index contributed by atoms with van der Waals surface area (Å²) in [6.07, 6.45) is 5.96. The maximum absolute atomic E-state index is 12.9. The van der Waals surface area contributed by atoms with Gasteiger partial charge in [0.25, 0.3) is 0 Å². The van der Waals surface area contributed by atoms with Crippen molar-refractivity contribution in [3.8, 4) is 17.2 Å². The van der Waals surface area contributed by atoms with Crippen molar-refractivity contribution in [3.63, 3.8) is 0 Å². The van der Waals surface area contributed by atoms with E-state index < -0.39 is 0 Å². The molecule has 2 N–H and O–H groups in total. The normalized spacial score (nSPS) is 26.5. The lowest BCUT2D eigenvalue weighted by molar-refractivity contribution is 0.00588. The summed E-state index contributed by atoms with van der Waals surface area (Å²) in [5.74, 6) is 0.642. The summed E-state index contributed by atoms with van der Waals surface area (Å²) >= 11 is 0. The van der Waals surface area contributed by atoms with Gasteiger partial charge in [0.05, 0.1) is 24.4 Å². The summed E-state index contributed by atoms with van der Waals surface area (Å²) < 4.78 is 11.9. The molecule has 2 aromatic rings. The van der Waals surface area contributed by atoms with Crippen molar-refractivity contribution in [2.24, 2.45) is 11.3 Å². The molecule has 2 aliphatic rings. The van der Waals surface area contributed by atoms with Crippen LogP contribution in [0.2, 0.25) is 0 Å². The van der Waals surface area contributed by atoms with Crippen LogP contribution in [0.5, 0.6) is 17.2 Å². The van der Waals surface area contributed by atoms with E-state index in [1.807, 2.05) is 0 Å². The molecule has 2 bridgehead atoms. The molecular weight excluding hydrogens is 392 g/mol. The van der Waals surface area contributed by atoms with E-state index in [1.54, 1.807) is 49.6 Å². The molecule has 0 aliphatic carbocycles. The number of methoxy groups -OCH3 is 1. The second-order valence-electron chi connectivity index (χ2n) is 9.47. The third-order valence-corrected chi connectivity index (χ3v) is 7.23. The molecule has 0 radical (unpaired) electrons. The predicted molar refractivity (Wildman–Crippen MR) is 120 cm³/mol. The molecule has 5 heteroatoms. The first-order valence-electron chi connectivity index (χ1n) is 10.7. The summed E-state index contributed by atoms with van der Waals surface area (Å²) in [6, 6.07) is 9.91. The number of rotatable bonds is 6. The first kappa shape index (κ1) is 21.4. The molecule has 164 valence electrons. The predicted octanol–water partition coefficient (Wildman–Crippen LogP) is 5.14. The first-order valence-corrected chi connectivity index (χ1v) is 10.7. The van der Waals surface area contributed by atoms with Gasteiger partial charge in [0.2, 0.25) is 0 Å². The molecule has 31 heavy (non-hydrogen) atoms. The molecule has 2 aromatic carbocycles. The van der Waals surface area contributed by atoms with Crippen LogP contribution >= 0.6 is 0 Å². The zero-order valence-corrected chi connectivity index (χ0v) is 18.5. The number of hydrogen-bond acceptors (Lipinski definition) is 5. The lowest BCUT2D eigenvalue weighted by Crippen LogP contribution is -2.41. The van der Waals surface area contributed by atoms with E-state index in [2.05, 4.69) is 20.8 Å². The zero-order valence-electron chi connectivity index (χ0n) is 18.5. The van der Waals surface area contributed by atoms with Gasteiger partial charge in [0.1, 0.15) is 17.2 Å². The molecule has 0 saturated carbocycles.